The van der Waals surface area contributed by atoms with Gasteiger partial charge in [0.25, 0.3) is 0 Å². The molecule has 0 radical (unpaired) electrons. The van der Waals surface area contributed by atoms with Crippen molar-refractivity contribution in [1.82, 2.24) is 10.2 Å². The third-order valence-corrected chi connectivity index (χ3v) is 4.43. The summed E-state index contributed by atoms with van der Waals surface area (Å²) in [5, 5.41) is 8.28. The van der Waals surface area contributed by atoms with Crippen LogP contribution in [0.15, 0.2) is 22.8 Å². The first-order chi connectivity index (χ1) is 8.19. The van der Waals surface area contributed by atoms with E-state index in [1.807, 2.05) is 0 Å². The highest BCUT2D eigenvalue weighted by molar-refractivity contribution is 9.10. The number of nitrogens with one attached hydrogen (secondary N) is 1. The van der Waals surface area contributed by atoms with E-state index in [1.54, 1.807) is 0 Å². The molecular weight excluding hydrogens is 278 g/mol. The lowest BCUT2D eigenvalue weighted by molar-refractivity contribution is 0.302. The summed E-state index contributed by atoms with van der Waals surface area (Å²) in [7, 11) is 0. The van der Waals surface area contributed by atoms with Gasteiger partial charge in [0.05, 0.1) is 5.52 Å². The van der Waals surface area contributed by atoms with Crippen LogP contribution in [0.1, 0.15) is 37.7 Å². The maximum absolute atomic E-state index is 6.54. The van der Waals surface area contributed by atoms with E-state index in [-0.39, 0.29) is 5.54 Å². The molecular formula is C13H16BrN3. The summed E-state index contributed by atoms with van der Waals surface area (Å²) >= 11 is 3.48. The smallest absolute Gasteiger partial charge is 0.108 e. The minimum absolute atomic E-state index is 0.136. The third kappa shape index (κ3) is 1.89. The quantitative estimate of drug-likeness (QED) is 0.846. The molecule has 17 heavy (non-hydrogen) atoms. The summed E-state index contributed by atoms with van der Waals surface area (Å²) in [5.41, 5.74) is 8.64. The molecule has 0 spiro atoms. The Morgan fingerprint density at radius 3 is 2.76 bits per heavy atom. The molecule has 3 N–H and O–H groups in total. The molecule has 2 aromatic rings. The van der Waals surface area contributed by atoms with Crippen molar-refractivity contribution in [2.45, 2.75) is 37.6 Å². The average Bonchev–Trinajstić information content (AvgIpc) is 2.72. The van der Waals surface area contributed by atoms with Crippen molar-refractivity contribution >= 4 is 26.8 Å². The third-order valence-electron chi connectivity index (χ3n) is 3.83. The van der Waals surface area contributed by atoms with Gasteiger partial charge in [-0.1, -0.05) is 25.3 Å². The van der Waals surface area contributed by atoms with Crippen molar-refractivity contribution in [3.8, 4) is 0 Å². The van der Waals surface area contributed by atoms with Gasteiger partial charge in [-0.15, -0.1) is 0 Å². The van der Waals surface area contributed by atoms with E-state index in [0.717, 1.165) is 28.3 Å². The Bertz CT molecular complexity index is 541. The maximum atomic E-state index is 6.54. The fraction of sp³-hybridized carbons (Fsp3) is 0.462. The lowest BCUT2D eigenvalue weighted by Crippen LogP contribution is -2.38. The highest BCUT2D eigenvalue weighted by Crippen LogP contribution is 2.36. The van der Waals surface area contributed by atoms with Gasteiger partial charge in [-0.25, -0.2) is 0 Å². The minimum atomic E-state index is -0.136. The Morgan fingerprint density at radius 1 is 1.24 bits per heavy atom. The molecule has 1 aromatic heterocycles. The summed E-state index contributed by atoms with van der Waals surface area (Å²) in [4.78, 5) is 0. The Morgan fingerprint density at radius 2 is 2.00 bits per heavy atom. The number of aromatic nitrogens is 2. The maximum Gasteiger partial charge on any atom is 0.108 e. The molecule has 0 unspecified atom stereocenters. The van der Waals surface area contributed by atoms with E-state index in [0.29, 0.717) is 0 Å². The molecule has 90 valence electrons. The lowest BCUT2D eigenvalue weighted by Gasteiger charge is -2.34. The number of H-pyrrole nitrogens is 1. The van der Waals surface area contributed by atoms with Gasteiger partial charge in [0.15, 0.2) is 0 Å². The normalized spacial score (nSPS) is 19.6. The first kappa shape index (κ1) is 11.2. The summed E-state index contributed by atoms with van der Waals surface area (Å²) in [6.07, 6.45) is 5.97. The molecule has 1 aliphatic rings. The first-order valence-electron chi connectivity index (χ1n) is 6.12. The molecule has 1 saturated carbocycles. The number of hydrogen-bond acceptors (Lipinski definition) is 2. The second kappa shape index (κ2) is 4.10. The van der Waals surface area contributed by atoms with Crippen LogP contribution in [0.25, 0.3) is 10.9 Å². The molecule has 1 fully saturated rings. The van der Waals surface area contributed by atoms with E-state index in [4.69, 9.17) is 5.73 Å². The molecule has 3 rings (SSSR count). The summed E-state index contributed by atoms with van der Waals surface area (Å²) in [6.45, 7) is 0. The van der Waals surface area contributed by atoms with Crippen molar-refractivity contribution in [1.29, 1.82) is 0 Å². The second-order valence-corrected chi connectivity index (χ2v) is 5.78. The van der Waals surface area contributed by atoms with E-state index >= 15 is 0 Å². The predicted octanol–water partition coefficient (Wildman–Crippen LogP) is 3.44. The molecule has 0 saturated heterocycles. The Labute approximate surface area is 109 Å². The van der Waals surface area contributed by atoms with Crippen molar-refractivity contribution in [2.24, 2.45) is 5.73 Å². The zero-order valence-electron chi connectivity index (χ0n) is 9.67. The Kier molecular flexibility index (Phi) is 2.71. The van der Waals surface area contributed by atoms with Gasteiger partial charge in [-0.05, 0) is 46.5 Å². The first-order valence-corrected chi connectivity index (χ1v) is 6.91. The zero-order chi connectivity index (χ0) is 11.9. The molecule has 3 nitrogen and oxygen atoms in total. The van der Waals surface area contributed by atoms with Crippen molar-refractivity contribution in [3.05, 3.63) is 28.4 Å². The van der Waals surface area contributed by atoms with Crippen molar-refractivity contribution < 1.29 is 0 Å². The fourth-order valence-electron chi connectivity index (χ4n) is 2.76. The molecule has 4 heteroatoms. The van der Waals surface area contributed by atoms with Crippen LogP contribution in [0.3, 0.4) is 0 Å². The van der Waals surface area contributed by atoms with Crippen molar-refractivity contribution in [2.75, 3.05) is 0 Å². The minimum Gasteiger partial charge on any atom is -0.321 e. The molecule has 0 amide bonds. The topological polar surface area (TPSA) is 54.7 Å². The van der Waals surface area contributed by atoms with E-state index in [1.165, 1.54) is 24.8 Å². The SMILES string of the molecule is NC1(c2ccc3n[nH]c(Br)c3c2)CCCCC1. The molecule has 1 aliphatic carbocycles. The van der Waals surface area contributed by atoms with E-state index in [2.05, 4.69) is 44.3 Å². The number of nitrogens with zero attached hydrogens (tertiary/aromatic N) is 1. The van der Waals surface area contributed by atoms with Crippen LogP contribution >= 0.6 is 15.9 Å². The van der Waals surface area contributed by atoms with Crippen LogP contribution in [0, 0.1) is 0 Å². The van der Waals surface area contributed by atoms with Crippen LogP contribution < -0.4 is 5.73 Å². The van der Waals surface area contributed by atoms with Crippen molar-refractivity contribution in [3.63, 3.8) is 0 Å². The van der Waals surface area contributed by atoms with Gasteiger partial charge in [0.2, 0.25) is 0 Å². The molecule has 0 aliphatic heterocycles. The number of nitrogens with two attached hydrogens (primary N) is 1. The molecule has 0 atom stereocenters. The van der Waals surface area contributed by atoms with E-state index in [9.17, 15) is 0 Å². The molecule has 1 aromatic carbocycles. The lowest BCUT2D eigenvalue weighted by atomic mass is 9.77. The number of rotatable bonds is 1. The average molecular weight is 294 g/mol. The van der Waals surface area contributed by atoms with Crippen LogP contribution in [-0.2, 0) is 5.54 Å². The van der Waals surface area contributed by atoms with Gasteiger partial charge in [0, 0.05) is 10.9 Å². The zero-order valence-corrected chi connectivity index (χ0v) is 11.3. The van der Waals surface area contributed by atoms with Gasteiger partial charge >= 0.3 is 0 Å². The number of fused-ring (bicyclic) bond motifs is 1. The summed E-state index contributed by atoms with van der Waals surface area (Å²) in [6, 6.07) is 6.35. The van der Waals surface area contributed by atoms with Crippen LogP contribution in [0.4, 0.5) is 0 Å². The standard InChI is InChI=1S/C13H16BrN3/c14-12-10-8-9(4-5-11(10)16-17-12)13(15)6-2-1-3-7-13/h4-5,8H,1-3,6-7,15H2,(H,16,17). The Hall–Kier alpha value is -0.870. The van der Waals surface area contributed by atoms with Crippen LogP contribution in [0.2, 0.25) is 0 Å². The Balaban J connectivity index is 2.07. The number of hydrogen-bond donors (Lipinski definition) is 2. The highest BCUT2D eigenvalue weighted by atomic mass is 79.9. The van der Waals surface area contributed by atoms with Gasteiger partial charge < -0.3 is 5.73 Å². The monoisotopic (exact) mass is 293 g/mol. The number of halogens is 1. The summed E-state index contributed by atoms with van der Waals surface area (Å²) in [5.74, 6) is 0. The van der Waals surface area contributed by atoms with Gasteiger partial charge in [-0.3, -0.25) is 5.10 Å². The molecule has 1 heterocycles. The molecule has 0 bridgehead atoms. The summed E-state index contributed by atoms with van der Waals surface area (Å²) < 4.78 is 0.939. The van der Waals surface area contributed by atoms with Gasteiger partial charge in [0.1, 0.15) is 4.60 Å². The number of benzene rings is 1. The fourth-order valence-corrected chi connectivity index (χ4v) is 3.17. The van der Waals surface area contributed by atoms with Crippen LogP contribution in [0.5, 0.6) is 0 Å². The van der Waals surface area contributed by atoms with Gasteiger partial charge in [-0.2, -0.15) is 5.10 Å². The van der Waals surface area contributed by atoms with Crippen LogP contribution in [-0.4, -0.2) is 10.2 Å². The van der Waals surface area contributed by atoms with E-state index < -0.39 is 0 Å². The number of aromatic amines is 1. The second-order valence-electron chi connectivity index (χ2n) is 4.99. The predicted molar refractivity (Wildman–Crippen MR) is 72.7 cm³/mol. The highest BCUT2D eigenvalue weighted by Gasteiger charge is 2.29. The largest absolute Gasteiger partial charge is 0.321 e.